The summed E-state index contributed by atoms with van der Waals surface area (Å²) in [5.41, 5.74) is 7.14. The highest BCUT2D eigenvalue weighted by Gasteiger charge is 2.37. The molecule has 1 saturated carbocycles. The second kappa shape index (κ2) is 8.16. The van der Waals surface area contributed by atoms with Crippen LogP contribution in [0.1, 0.15) is 38.2 Å². The van der Waals surface area contributed by atoms with Gasteiger partial charge in [-0.1, -0.05) is 40.9 Å². The lowest BCUT2D eigenvalue weighted by Gasteiger charge is -2.37. The van der Waals surface area contributed by atoms with Gasteiger partial charge in [0.1, 0.15) is 0 Å². The van der Waals surface area contributed by atoms with Crippen LogP contribution >= 0.6 is 28.3 Å². The maximum Gasteiger partial charge on any atom is 0.224 e. The molecule has 0 saturated heterocycles. The molecule has 118 valence electrons. The number of nitrogens with one attached hydrogen (secondary N) is 1. The minimum Gasteiger partial charge on any atom is -0.355 e. The first-order chi connectivity index (χ1) is 9.49. The summed E-state index contributed by atoms with van der Waals surface area (Å²) in [6.07, 6.45) is 4.95. The highest BCUT2D eigenvalue weighted by atomic mass is 79.9. The van der Waals surface area contributed by atoms with Crippen LogP contribution in [0, 0.1) is 5.92 Å². The Morgan fingerprint density at radius 3 is 2.67 bits per heavy atom. The maximum atomic E-state index is 12.3. The van der Waals surface area contributed by atoms with Crippen LogP contribution < -0.4 is 11.1 Å². The Morgan fingerprint density at radius 1 is 1.38 bits per heavy atom. The minimum atomic E-state index is -0.347. The Morgan fingerprint density at radius 2 is 2.05 bits per heavy atom. The Kier molecular flexibility index (Phi) is 7.17. The van der Waals surface area contributed by atoms with E-state index in [0.29, 0.717) is 6.54 Å². The number of benzene rings is 1. The molecule has 2 atom stereocenters. The molecular weight excluding hydrogens is 352 g/mol. The van der Waals surface area contributed by atoms with E-state index < -0.39 is 0 Å². The Labute approximate surface area is 141 Å². The van der Waals surface area contributed by atoms with Crippen molar-refractivity contribution in [1.29, 1.82) is 0 Å². The van der Waals surface area contributed by atoms with Crippen LogP contribution in [0.25, 0.3) is 0 Å². The molecule has 1 aromatic carbocycles. The van der Waals surface area contributed by atoms with Gasteiger partial charge in [0.15, 0.2) is 0 Å². The normalized spacial score (nSPS) is 25.0. The summed E-state index contributed by atoms with van der Waals surface area (Å²) >= 11 is 3.42. The zero-order chi connectivity index (χ0) is 14.6. The summed E-state index contributed by atoms with van der Waals surface area (Å²) in [4.78, 5) is 12.3. The maximum absolute atomic E-state index is 12.3. The zero-order valence-electron chi connectivity index (χ0n) is 12.4. The first-order valence-electron chi connectivity index (χ1n) is 7.30. The van der Waals surface area contributed by atoms with Gasteiger partial charge in [0.25, 0.3) is 0 Å². The molecule has 21 heavy (non-hydrogen) atoms. The van der Waals surface area contributed by atoms with Crippen molar-refractivity contribution >= 4 is 34.2 Å². The van der Waals surface area contributed by atoms with Gasteiger partial charge in [0.05, 0.1) is 5.92 Å². The Balaban J connectivity index is 0.00000220. The SMILES string of the molecule is CC1(N)CCCCC1C(=O)NCCc1ccc(Br)cc1.Cl. The number of carbonyl (C=O) groups excluding carboxylic acids is 1. The van der Waals surface area contributed by atoms with Crippen LogP contribution in [0.4, 0.5) is 0 Å². The number of amides is 1. The lowest BCUT2D eigenvalue weighted by atomic mass is 9.74. The average molecular weight is 376 g/mol. The molecule has 1 fully saturated rings. The molecule has 1 aromatic rings. The predicted octanol–water partition coefficient (Wildman–Crippen LogP) is 3.44. The van der Waals surface area contributed by atoms with Gasteiger partial charge in [-0.05, 0) is 43.9 Å². The fourth-order valence-electron chi connectivity index (χ4n) is 2.89. The van der Waals surface area contributed by atoms with Crippen molar-refractivity contribution in [2.45, 2.75) is 44.6 Å². The number of hydrogen-bond acceptors (Lipinski definition) is 2. The van der Waals surface area contributed by atoms with Gasteiger partial charge < -0.3 is 11.1 Å². The molecule has 1 amide bonds. The average Bonchev–Trinajstić information content (AvgIpc) is 2.40. The van der Waals surface area contributed by atoms with E-state index in [-0.39, 0.29) is 29.8 Å². The summed E-state index contributed by atoms with van der Waals surface area (Å²) in [5, 5.41) is 3.04. The molecule has 1 aliphatic carbocycles. The highest BCUT2D eigenvalue weighted by molar-refractivity contribution is 9.10. The number of carbonyl (C=O) groups is 1. The standard InChI is InChI=1S/C16H23BrN2O.ClH/c1-16(18)10-3-2-4-14(16)15(20)19-11-9-12-5-7-13(17)8-6-12;/h5-8,14H,2-4,9-11,18H2,1H3,(H,19,20);1H. The van der Waals surface area contributed by atoms with E-state index in [1.807, 2.05) is 19.1 Å². The summed E-state index contributed by atoms with van der Waals surface area (Å²) in [5.74, 6) is 0.0768. The molecule has 0 bridgehead atoms. The zero-order valence-corrected chi connectivity index (χ0v) is 14.8. The largest absolute Gasteiger partial charge is 0.355 e. The van der Waals surface area contributed by atoms with Crippen LogP contribution in [0.3, 0.4) is 0 Å². The van der Waals surface area contributed by atoms with Gasteiger partial charge in [-0.3, -0.25) is 4.79 Å². The molecule has 0 aliphatic heterocycles. The van der Waals surface area contributed by atoms with Crippen molar-refractivity contribution in [3.63, 3.8) is 0 Å². The fourth-order valence-corrected chi connectivity index (χ4v) is 3.16. The van der Waals surface area contributed by atoms with Crippen molar-refractivity contribution in [3.05, 3.63) is 34.3 Å². The molecule has 0 aromatic heterocycles. The number of rotatable bonds is 4. The molecule has 1 aliphatic rings. The van der Waals surface area contributed by atoms with E-state index in [1.54, 1.807) is 0 Å². The van der Waals surface area contributed by atoms with Gasteiger partial charge in [-0.2, -0.15) is 0 Å². The van der Waals surface area contributed by atoms with E-state index in [9.17, 15) is 4.79 Å². The van der Waals surface area contributed by atoms with Crippen LogP contribution in [-0.2, 0) is 11.2 Å². The minimum absolute atomic E-state index is 0. The van der Waals surface area contributed by atoms with Crippen LogP contribution in [0.2, 0.25) is 0 Å². The monoisotopic (exact) mass is 374 g/mol. The number of halogens is 2. The summed E-state index contributed by atoms with van der Waals surface area (Å²) < 4.78 is 1.08. The number of hydrogen-bond donors (Lipinski definition) is 2. The highest BCUT2D eigenvalue weighted by Crippen LogP contribution is 2.31. The van der Waals surface area contributed by atoms with Crippen molar-refractivity contribution in [2.75, 3.05) is 6.54 Å². The molecule has 2 rings (SSSR count). The lowest BCUT2D eigenvalue weighted by Crippen LogP contribution is -2.53. The summed E-state index contributed by atoms with van der Waals surface area (Å²) in [6, 6.07) is 8.19. The smallest absolute Gasteiger partial charge is 0.224 e. The second-order valence-electron chi connectivity index (χ2n) is 5.97. The van der Waals surface area contributed by atoms with Gasteiger partial charge in [0, 0.05) is 16.6 Å². The van der Waals surface area contributed by atoms with E-state index in [4.69, 9.17) is 5.73 Å². The first-order valence-corrected chi connectivity index (χ1v) is 8.09. The van der Waals surface area contributed by atoms with Crippen molar-refractivity contribution < 1.29 is 4.79 Å². The van der Waals surface area contributed by atoms with Gasteiger partial charge in [0.2, 0.25) is 5.91 Å². The van der Waals surface area contributed by atoms with Gasteiger partial charge >= 0.3 is 0 Å². The first kappa shape index (κ1) is 18.5. The topological polar surface area (TPSA) is 55.1 Å². The van der Waals surface area contributed by atoms with Crippen LogP contribution in [0.5, 0.6) is 0 Å². The molecule has 5 heteroatoms. The number of nitrogens with two attached hydrogens (primary N) is 1. The Hall–Kier alpha value is -0.580. The van der Waals surface area contributed by atoms with Crippen molar-refractivity contribution in [1.82, 2.24) is 5.32 Å². The fraction of sp³-hybridized carbons (Fsp3) is 0.562. The van der Waals surface area contributed by atoms with E-state index in [1.165, 1.54) is 5.56 Å². The van der Waals surface area contributed by atoms with E-state index in [2.05, 4.69) is 33.4 Å². The van der Waals surface area contributed by atoms with Crippen LogP contribution in [-0.4, -0.2) is 18.0 Å². The Bertz CT molecular complexity index is 462. The summed E-state index contributed by atoms with van der Waals surface area (Å²) in [6.45, 7) is 2.68. The van der Waals surface area contributed by atoms with Gasteiger partial charge in [-0.15, -0.1) is 12.4 Å². The molecule has 3 N–H and O–H groups in total. The molecule has 2 unspecified atom stereocenters. The van der Waals surface area contributed by atoms with Gasteiger partial charge in [-0.25, -0.2) is 0 Å². The molecule has 0 spiro atoms. The van der Waals surface area contributed by atoms with Crippen molar-refractivity contribution in [2.24, 2.45) is 11.7 Å². The van der Waals surface area contributed by atoms with Crippen molar-refractivity contribution in [3.8, 4) is 0 Å². The molecule has 3 nitrogen and oxygen atoms in total. The predicted molar refractivity (Wildman–Crippen MR) is 92.7 cm³/mol. The summed E-state index contributed by atoms with van der Waals surface area (Å²) in [7, 11) is 0. The van der Waals surface area contributed by atoms with E-state index in [0.717, 1.165) is 36.6 Å². The van der Waals surface area contributed by atoms with Crippen LogP contribution in [0.15, 0.2) is 28.7 Å². The quantitative estimate of drug-likeness (QED) is 0.847. The third-order valence-corrected chi connectivity index (χ3v) is 4.73. The molecular formula is C16H24BrClN2O. The molecule has 0 heterocycles. The molecule has 0 radical (unpaired) electrons. The third-order valence-electron chi connectivity index (χ3n) is 4.20. The van der Waals surface area contributed by atoms with E-state index >= 15 is 0 Å². The second-order valence-corrected chi connectivity index (χ2v) is 6.89. The lowest BCUT2D eigenvalue weighted by molar-refractivity contribution is -0.128. The third kappa shape index (κ3) is 5.28.